The molecule has 0 spiro atoms. The third-order valence-electron chi connectivity index (χ3n) is 1.48. The molecule has 15 heavy (non-hydrogen) atoms. The summed E-state index contributed by atoms with van der Waals surface area (Å²) in [5.41, 5.74) is -0.522. The molecule has 1 N–H and O–H groups in total. The summed E-state index contributed by atoms with van der Waals surface area (Å²) in [5, 5.41) is 2.60. The zero-order valence-corrected chi connectivity index (χ0v) is 9.74. The molecule has 0 aliphatic carbocycles. The van der Waals surface area contributed by atoms with E-state index in [0.29, 0.717) is 0 Å². The topological polar surface area (TPSA) is 55.4 Å². The molecule has 0 aromatic rings. The minimum Gasteiger partial charge on any atom is -0.444 e. The molecular weight excluding hydrogens is 194 g/mol. The Morgan fingerprint density at radius 1 is 1.47 bits per heavy atom. The van der Waals surface area contributed by atoms with E-state index in [9.17, 15) is 9.59 Å². The number of aldehydes is 1. The Balaban J connectivity index is 4.16. The van der Waals surface area contributed by atoms with Crippen LogP contribution in [0.15, 0.2) is 12.2 Å². The fourth-order valence-electron chi connectivity index (χ4n) is 0.981. The Morgan fingerprint density at radius 2 is 2.07 bits per heavy atom. The van der Waals surface area contributed by atoms with Crippen molar-refractivity contribution in [3.05, 3.63) is 12.2 Å². The van der Waals surface area contributed by atoms with E-state index in [1.165, 1.54) is 0 Å². The molecule has 4 nitrogen and oxygen atoms in total. The first-order valence-corrected chi connectivity index (χ1v) is 4.95. The van der Waals surface area contributed by atoms with Crippen molar-refractivity contribution in [1.29, 1.82) is 0 Å². The van der Waals surface area contributed by atoms with Crippen molar-refractivity contribution in [2.75, 3.05) is 0 Å². The van der Waals surface area contributed by atoms with Crippen LogP contribution in [-0.4, -0.2) is 24.0 Å². The molecule has 1 atom stereocenters. The fourth-order valence-corrected chi connectivity index (χ4v) is 0.981. The number of ether oxygens (including phenoxy) is 1. The van der Waals surface area contributed by atoms with Gasteiger partial charge in [-0.05, 0) is 27.7 Å². The maximum absolute atomic E-state index is 11.3. The lowest BCUT2D eigenvalue weighted by Gasteiger charge is -2.21. The summed E-state index contributed by atoms with van der Waals surface area (Å²) in [4.78, 5) is 21.7. The molecule has 0 radical (unpaired) electrons. The van der Waals surface area contributed by atoms with Crippen LogP contribution in [0, 0.1) is 0 Å². The van der Waals surface area contributed by atoms with Crippen LogP contribution in [0.5, 0.6) is 0 Å². The van der Waals surface area contributed by atoms with E-state index in [4.69, 9.17) is 4.74 Å². The minimum atomic E-state index is -0.522. The fraction of sp³-hybridized carbons (Fsp3) is 0.636. The normalized spacial score (nSPS) is 13.6. The largest absolute Gasteiger partial charge is 0.444 e. The lowest BCUT2D eigenvalue weighted by Crippen LogP contribution is -2.38. The van der Waals surface area contributed by atoms with Gasteiger partial charge < -0.3 is 14.8 Å². The number of allylic oxidation sites excluding steroid dienone is 1. The summed E-state index contributed by atoms with van der Waals surface area (Å²) in [7, 11) is 0. The van der Waals surface area contributed by atoms with E-state index in [1.54, 1.807) is 32.9 Å². The zero-order valence-electron chi connectivity index (χ0n) is 9.74. The van der Waals surface area contributed by atoms with Crippen LogP contribution in [0.2, 0.25) is 0 Å². The molecule has 86 valence electrons. The number of carbonyl (C=O) groups is 2. The summed E-state index contributed by atoms with van der Waals surface area (Å²) in [5.74, 6) is 0. The van der Waals surface area contributed by atoms with E-state index < -0.39 is 11.7 Å². The molecule has 0 aromatic heterocycles. The smallest absolute Gasteiger partial charge is 0.408 e. The molecule has 0 aliphatic rings. The number of hydrogen-bond donors (Lipinski definition) is 1. The van der Waals surface area contributed by atoms with Gasteiger partial charge in [-0.3, -0.25) is 0 Å². The predicted molar refractivity (Wildman–Crippen MR) is 58.7 cm³/mol. The SMILES string of the molecule is CC=CC(CC=O)NC(=O)OC(C)(C)C. The maximum Gasteiger partial charge on any atom is 0.408 e. The van der Waals surface area contributed by atoms with Crippen LogP contribution >= 0.6 is 0 Å². The molecule has 0 saturated carbocycles. The Morgan fingerprint density at radius 3 is 2.47 bits per heavy atom. The quantitative estimate of drug-likeness (QED) is 0.574. The average molecular weight is 213 g/mol. The first-order valence-electron chi connectivity index (χ1n) is 4.95. The summed E-state index contributed by atoms with van der Waals surface area (Å²) in [6.07, 6.45) is 4.04. The summed E-state index contributed by atoms with van der Waals surface area (Å²) < 4.78 is 5.06. The molecule has 0 rings (SSSR count). The van der Waals surface area contributed by atoms with Crippen LogP contribution in [0.4, 0.5) is 4.79 Å². The van der Waals surface area contributed by atoms with Crippen LogP contribution in [0.3, 0.4) is 0 Å². The predicted octanol–water partition coefficient (Wildman–Crippen LogP) is 2.04. The number of amides is 1. The third kappa shape index (κ3) is 7.73. The van der Waals surface area contributed by atoms with Crippen LogP contribution in [0.25, 0.3) is 0 Å². The van der Waals surface area contributed by atoms with Crippen LogP contribution in [-0.2, 0) is 9.53 Å². The van der Waals surface area contributed by atoms with Crippen molar-refractivity contribution < 1.29 is 14.3 Å². The van der Waals surface area contributed by atoms with Gasteiger partial charge in [0.2, 0.25) is 0 Å². The highest BCUT2D eigenvalue weighted by Crippen LogP contribution is 2.07. The molecule has 4 heteroatoms. The Bertz CT molecular complexity index is 241. The van der Waals surface area contributed by atoms with Crippen molar-refractivity contribution in [3.63, 3.8) is 0 Å². The van der Waals surface area contributed by atoms with Crippen LogP contribution in [0.1, 0.15) is 34.1 Å². The number of alkyl carbamates (subject to hydrolysis) is 1. The number of rotatable bonds is 4. The minimum absolute atomic E-state index is 0.254. The molecular formula is C11H19NO3. The van der Waals surface area contributed by atoms with Crippen LogP contribution < -0.4 is 5.32 Å². The molecule has 0 heterocycles. The van der Waals surface area contributed by atoms with Gasteiger partial charge >= 0.3 is 6.09 Å². The molecule has 1 unspecified atom stereocenters. The average Bonchev–Trinajstić information content (AvgIpc) is 2.00. The zero-order chi connectivity index (χ0) is 11.9. The van der Waals surface area contributed by atoms with Gasteiger partial charge in [-0.25, -0.2) is 4.79 Å². The highest BCUT2D eigenvalue weighted by Gasteiger charge is 2.17. The maximum atomic E-state index is 11.3. The van der Waals surface area contributed by atoms with Gasteiger partial charge in [0.25, 0.3) is 0 Å². The van der Waals surface area contributed by atoms with E-state index in [2.05, 4.69) is 5.32 Å². The Hall–Kier alpha value is -1.32. The summed E-state index contributed by atoms with van der Waals surface area (Å²) >= 11 is 0. The van der Waals surface area contributed by atoms with Gasteiger partial charge in [0.15, 0.2) is 0 Å². The lowest BCUT2D eigenvalue weighted by molar-refractivity contribution is -0.108. The Kier molecular flexibility index (Phi) is 5.67. The van der Waals surface area contributed by atoms with Gasteiger partial charge in [-0.1, -0.05) is 12.2 Å². The van der Waals surface area contributed by atoms with Gasteiger partial charge in [0.05, 0.1) is 6.04 Å². The van der Waals surface area contributed by atoms with Crippen molar-refractivity contribution in [3.8, 4) is 0 Å². The first-order chi connectivity index (χ1) is 6.89. The monoisotopic (exact) mass is 213 g/mol. The van der Waals surface area contributed by atoms with Crippen molar-refractivity contribution in [1.82, 2.24) is 5.32 Å². The summed E-state index contributed by atoms with van der Waals surface area (Å²) in [6.45, 7) is 7.19. The highest BCUT2D eigenvalue weighted by molar-refractivity contribution is 5.69. The first kappa shape index (κ1) is 13.7. The number of nitrogens with one attached hydrogen (secondary N) is 1. The lowest BCUT2D eigenvalue weighted by atomic mass is 10.2. The second kappa shape index (κ2) is 6.22. The highest BCUT2D eigenvalue weighted by atomic mass is 16.6. The molecule has 0 fully saturated rings. The Labute approximate surface area is 90.7 Å². The van der Waals surface area contributed by atoms with Crippen molar-refractivity contribution in [2.24, 2.45) is 0 Å². The second-order valence-electron chi connectivity index (χ2n) is 4.18. The number of carbonyl (C=O) groups excluding carboxylic acids is 2. The van der Waals surface area contributed by atoms with E-state index in [1.807, 2.05) is 6.92 Å². The molecule has 0 aromatic carbocycles. The van der Waals surface area contributed by atoms with Crippen molar-refractivity contribution in [2.45, 2.75) is 45.8 Å². The molecule has 0 saturated heterocycles. The van der Waals surface area contributed by atoms with Crippen molar-refractivity contribution >= 4 is 12.4 Å². The van der Waals surface area contributed by atoms with Gasteiger partial charge in [0.1, 0.15) is 11.9 Å². The molecule has 1 amide bonds. The van der Waals surface area contributed by atoms with Gasteiger partial charge in [0, 0.05) is 6.42 Å². The third-order valence-corrected chi connectivity index (χ3v) is 1.48. The van der Waals surface area contributed by atoms with E-state index in [0.717, 1.165) is 6.29 Å². The van der Waals surface area contributed by atoms with Gasteiger partial charge in [-0.2, -0.15) is 0 Å². The standard InChI is InChI=1S/C11H19NO3/c1-5-6-9(7-8-13)12-10(14)15-11(2,3)4/h5-6,8-9H,7H2,1-4H3,(H,12,14). The molecule has 0 bridgehead atoms. The number of hydrogen-bond acceptors (Lipinski definition) is 3. The van der Waals surface area contributed by atoms with E-state index in [-0.39, 0.29) is 12.5 Å². The molecule has 0 aliphatic heterocycles. The second-order valence-corrected chi connectivity index (χ2v) is 4.18. The van der Waals surface area contributed by atoms with Gasteiger partial charge in [-0.15, -0.1) is 0 Å². The van der Waals surface area contributed by atoms with E-state index >= 15 is 0 Å². The summed E-state index contributed by atoms with van der Waals surface area (Å²) in [6, 6.07) is -0.289.